The molecule has 74 valence electrons. The number of hydrogen-bond acceptors (Lipinski definition) is 4. The third kappa shape index (κ3) is 1.53. The van der Waals surface area contributed by atoms with E-state index in [2.05, 4.69) is 10.2 Å². The van der Waals surface area contributed by atoms with Gasteiger partial charge >= 0.3 is 5.97 Å². The predicted octanol–water partition coefficient (Wildman–Crippen LogP) is 0.530. The van der Waals surface area contributed by atoms with E-state index >= 15 is 0 Å². The molecular formula is C9H11N3O2. The summed E-state index contributed by atoms with van der Waals surface area (Å²) in [7, 11) is 0. The van der Waals surface area contributed by atoms with Gasteiger partial charge in [-0.15, -0.1) is 5.10 Å². The van der Waals surface area contributed by atoms with Gasteiger partial charge in [0.15, 0.2) is 5.82 Å². The molecule has 0 saturated carbocycles. The minimum atomic E-state index is -0.784. The second-order valence-corrected chi connectivity index (χ2v) is 3.27. The Morgan fingerprint density at radius 1 is 1.64 bits per heavy atom. The van der Waals surface area contributed by atoms with Gasteiger partial charge in [-0.2, -0.15) is 5.10 Å². The summed E-state index contributed by atoms with van der Waals surface area (Å²) < 4.78 is 0. The zero-order valence-corrected chi connectivity index (χ0v) is 7.63. The smallest absolute Gasteiger partial charge is 0.326 e. The van der Waals surface area contributed by atoms with Gasteiger partial charge in [0, 0.05) is 12.7 Å². The lowest BCUT2D eigenvalue weighted by atomic mass is 10.2. The summed E-state index contributed by atoms with van der Waals surface area (Å²) in [5.74, 6) is -0.134. The Balaban J connectivity index is 2.22. The number of aliphatic carboxylic acids is 1. The summed E-state index contributed by atoms with van der Waals surface area (Å²) in [6.07, 6.45) is 3.16. The van der Waals surface area contributed by atoms with E-state index in [4.69, 9.17) is 5.11 Å². The molecule has 1 aromatic rings. The van der Waals surface area contributed by atoms with Crippen LogP contribution in [-0.4, -0.2) is 33.9 Å². The van der Waals surface area contributed by atoms with Crippen molar-refractivity contribution in [2.75, 3.05) is 11.4 Å². The molecule has 0 spiro atoms. The normalized spacial score (nSPS) is 21.1. The Morgan fingerprint density at radius 2 is 2.50 bits per heavy atom. The molecule has 0 aliphatic carbocycles. The van der Waals surface area contributed by atoms with Crippen LogP contribution in [-0.2, 0) is 4.79 Å². The summed E-state index contributed by atoms with van der Waals surface area (Å²) in [5, 5.41) is 16.6. The van der Waals surface area contributed by atoms with Crippen molar-refractivity contribution >= 4 is 11.8 Å². The van der Waals surface area contributed by atoms with Crippen molar-refractivity contribution in [2.45, 2.75) is 18.9 Å². The fourth-order valence-electron chi connectivity index (χ4n) is 1.74. The van der Waals surface area contributed by atoms with Crippen molar-refractivity contribution in [3.05, 3.63) is 18.3 Å². The van der Waals surface area contributed by atoms with Gasteiger partial charge in [0.25, 0.3) is 0 Å². The molecule has 5 heteroatoms. The van der Waals surface area contributed by atoms with Crippen LogP contribution in [0, 0.1) is 0 Å². The monoisotopic (exact) mass is 193 g/mol. The molecule has 5 nitrogen and oxygen atoms in total. The first kappa shape index (κ1) is 8.93. The highest BCUT2D eigenvalue weighted by molar-refractivity contribution is 5.78. The number of anilines is 1. The molecule has 1 atom stereocenters. The predicted molar refractivity (Wildman–Crippen MR) is 50.0 cm³/mol. The lowest BCUT2D eigenvalue weighted by molar-refractivity contribution is -0.138. The van der Waals surface area contributed by atoms with Crippen LogP contribution in [0.25, 0.3) is 0 Å². The molecule has 1 N–H and O–H groups in total. The van der Waals surface area contributed by atoms with E-state index in [1.165, 1.54) is 0 Å². The van der Waals surface area contributed by atoms with Crippen molar-refractivity contribution < 1.29 is 9.90 Å². The van der Waals surface area contributed by atoms with Crippen LogP contribution in [0.5, 0.6) is 0 Å². The maximum Gasteiger partial charge on any atom is 0.326 e. The molecule has 0 bridgehead atoms. The van der Waals surface area contributed by atoms with Gasteiger partial charge in [0.05, 0.1) is 0 Å². The summed E-state index contributed by atoms with van der Waals surface area (Å²) >= 11 is 0. The Bertz CT molecular complexity index is 328. The molecule has 14 heavy (non-hydrogen) atoms. The van der Waals surface area contributed by atoms with Crippen LogP contribution in [0.15, 0.2) is 18.3 Å². The topological polar surface area (TPSA) is 66.3 Å². The third-order valence-electron chi connectivity index (χ3n) is 2.39. The second-order valence-electron chi connectivity index (χ2n) is 3.27. The molecule has 1 fully saturated rings. The molecule has 1 aliphatic heterocycles. The molecule has 2 rings (SSSR count). The Hall–Kier alpha value is -1.65. The highest BCUT2D eigenvalue weighted by Gasteiger charge is 2.31. The van der Waals surface area contributed by atoms with E-state index in [-0.39, 0.29) is 0 Å². The number of carboxylic acids is 1. The Labute approximate surface area is 81.4 Å². The van der Waals surface area contributed by atoms with Crippen molar-refractivity contribution in [1.82, 2.24) is 10.2 Å². The molecule has 1 aliphatic rings. The fourth-order valence-corrected chi connectivity index (χ4v) is 1.74. The molecule has 2 heterocycles. The largest absolute Gasteiger partial charge is 0.480 e. The van der Waals surface area contributed by atoms with Crippen LogP contribution >= 0.6 is 0 Å². The van der Waals surface area contributed by atoms with E-state index in [1.54, 1.807) is 23.2 Å². The third-order valence-corrected chi connectivity index (χ3v) is 2.39. The number of hydrogen-bond donors (Lipinski definition) is 1. The van der Waals surface area contributed by atoms with Crippen molar-refractivity contribution in [1.29, 1.82) is 0 Å². The van der Waals surface area contributed by atoms with Gasteiger partial charge in [-0.25, -0.2) is 4.79 Å². The van der Waals surface area contributed by atoms with E-state index in [9.17, 15) is 4.79 Å². The SMILES string of the molecule is O=C(O)C1CCCN1c1cccnn1. The minimum Gasteiger partial charge on any atom is -0.480 e. The molecule has 0 radical (unpaired) electrons. The van der Waals surface area contributed by atoms with Gasteiger partial charge < -0.3 is 10.0 Å². The first-order chi connectivity index (χ1) is 6.79. The minimum absolute atomic E-state index is 0.438. The Morgan fingerprint density at radius 3 is 3.14 bits per heavy atom. The molecular weight excluding hydrogens is 182 g/mol. The Kier molecular flexibility index (Phi) is 2.30. The zero-order valence-electron chi connectivity index (χ0n) is 7.63. The maximum absolute atomic E-state index is 10.9. The molecule has 0 aromatic carbocycles. The van der Waals surface area contributed by atoms with Crippen molar-refractivity contribution in [3.8, 4) is 0 Å². The average molecular weight is 193 g/mol. The van der Waals surface area contributed by atoms with E-state index in [0.717, 1.165) is 13.0 Å². The van der Waals surface area contributed by atoms with Crippen LogP contribution in [0.2, 0.25) is 0 Å². The number of aromatic nitrogens is 2. The number of carbonyl (C=O) groups is 1. The standard InChI is InChI=1S/C9H11N3O2/c13-9(14)7-3-2-6-12(7)8-4-1-5-10-11-8/h1,4-5,7H,2-3,6H2,(H,13,14). The first-order valence-electron chi connectivity index (χ1n) is 4.56. The molecule has 0 amide bonds. The number of rotatable bonds is 2. The van der Waals surface area contributed by atoms with Gasteiger partial charge in [0.1, 0.15) is 6.04 Å². The second kappa shape index (κ2) is 3.61. The van der Waals surface area contributed by atoms with E-state index in [1.807, 2.05) is 0 Å². The van der Waals surface area contributed by atoms with Crippen LogP contribution < -0.4 is 4.90 Å². The highest BCUT2D eigenvalue weighted by atomic mass is 16.4. The van der Waals surface area contributed by atoms with Gasteiger partial charge in [-0.05, 0) is 25.0 Å². The molecule has 1 aromatic heterocycles. The summed E-state index contributed by atoms with van der Waals surface area (Å²) in [4.78, 5) is 12.7. The molecule has 1 unspecified atom stereocenters. The number of carboxylic acid groups (broad SMARTS) is 1. The van der Waals surface area contributed by atoms with Crippen molar-refractivity contribution in [3.63, 3.8) is 0 Å². The zero-order chi connectivity index (χ0) is 9.97. The van der Waals surface area contributed by atoms with E-state index < -0.39 is 12.0 Å². The fraction of sp³-hybridized carbons (Fsp3) is 0.444. The number of nitrogens with zero attached hydrogens (tertiary/aromatic N) is 3. The van der Waals surface area contributed by atoms with E-state index in [0.29, 0.717) is 12.2 Å². The van der Waals surface area contributed by atoms with Crippen molar-refractivity contribution in [2.24, 2.45) is 0 Å². The van der Waals surface area contributed by atoms with Gasteiger partial charge in [0.2, 0.25) is 0 Å². The lowest BCUT2D eigenvalue weighted by Gasteiger charge is -2.21. The van der Waals surface area contributed by atoms with Gasteiger partial charge in [-0.1, -0.05) is 0 Å². The summed E-state index contributed by atoms with van der Waals surface area (Å²) in [5.41, 5.74) is 0. The van der Waals surface area contributed by atoms with Gasteiger partial charge in [-0.3, -0.25) is 0 Å². The first-order valence-corrected chi connectivity index (χ1v) is 4.56. The van der Waals surface area contributed by atoms with Crippen LogP contribution in [0.4, 0.5) is 5.82 Å². The summed E-state index contributed by atoms with van der Waals surface area (Å²) in [6, 6.07) is 3.11. The highest BCUT2D eigenvalue weighted by Crippen LogP contribution is 2.22. The lowest BCUT2D eigenvalue weighted by Crippen LogP contribution is -2.36. The average Bonchev–Trinajstić information content (AvgIpc) is 2.67. The quantitative estimate of drug-likeness (QED) is 0.742. The van der Waals surface area contributed by atoms with Crippen LogP contribution in [0.1, 0.15) is 12.8 Å². The molecule has 1 saturated heterocycles. The summed E-state index contributed by atoms with van der Waals surface area (Å²) in [6.45, 7) is 0.746. The maximum atomic E-state index is 10.9. The van der Waals surface area contributed by atoms with Crippen LogP contribution in [0.3, 0.4) is 0 Å².